The largest absolute Gasteiger partial charge is 0.393 e. The quantitative estimate of drug-likeness (QED) is 0.447. The van der Waals surface area contributed by atoms with Crippen molar-refractivity contribution in [3.8, 4) is 0 Å². The number of nitrogens with zero attached hydrogens (tertiary/aromatic N) is 2. The highest BCUT2D eigenvalue weighted by molar-refractivity contribution is 7.89. The number of anilines is 2. The van der Waals surface area contributed by atoms with Gasteiger partial charge in [-0.1, -0.05) is 12.5 Å². The van der Waals surface area contributed by atoms with Crippen molar-refractivity contribution in [2.24, 2.45) is 0 Å². The lowest BCUT2D eigenvalue weighted by atomic mass is 10.1. The molecule has 1 amide bonds. The SMILES string of the molecule is Nc1ccc(C(=O)Nc2cccc(S(=O)(=O)N3CCCCC3)c2)cc1[N+](=O)[O-]. The summed E-state index contributed by atoms with van der Waals surface area (Å²) in [4.78, 5) is 22.8. The van der Waals surface area contributed by atoms with Crippen LogP contribution >= 0.6 is 0 Å². The number of piperidine rings is 1. The number of carbonyl (C=O) groups is 1. The standard InChI is InChI=1S/C18H20N4O5S/c19-16-8-7-13(11-17(16)22(24)25)18(23)20-14-5-4-6-15(12-14)28(26,27)21-9-2-1-3-10-21/h4-8,11-12H,1-3,9-10,19H2,(H,20,23). The van der Waals surface area contributed by atoms with Crippen molar-refractivity contribution in [3.63, 3.8) is 0 Å². The molecule has 9 nitrogen and oxygen atoms in total. The second-order valence-corrected chi connectivity index (χ2v) is 8.42. The van der Waals surface area contributed by atoms with Gasteiger partial charge in [-0.2, -0.15) is 4.31 Å². The zero-order valence-electron chi connectivity index (χ0n) is 15.0. The first-order valence-corrected chi connectivity index (χ1v) is 10.2. The first-order chi connectivity index (χ1) is 13.3. The molecule has 1 heterocycles. The third-order valence-corrected chi connectivity index (χ3v) is 6.43. The summed E-state index contributed by atoms with van der Waals surface area (Å²) in [6.45, 7) is 0.960. The molecule has 3 N–H and O–H groups in total. The van der Waals surface area contributed by atoms with Crippen LogP contribution in [-0.4, -0.2) is 36.6 Å². The molecule has 28 heavy (non-hydrogen) atoms. The lowest BCUT2D eigenvalue weighted by Crippen LogP contribution is -2.35. The Balaban J connectivity index is 1.82. The smallest absolute Gasteiger partial charge is 0.292 e. The first-order valence-electron chi connectivity index (χ1n) is 8.74. The molecule has 1 fully saturated rings. The Hall–Kier alpha value is -2.98. The van der Waals surface area contributed by atoms with Crippen LogP contribution in [0.3, 0.4) is 0 Å². The van der Waals surface area contributed by atoms with E-state index in [1.807, 2.05) is 0 Å². The van der Waals surface area contributed by atoms with E-state index < -0.39 is 20.9 Å². The predicted octanol–water partition coefficient (Wildman–Crippen LogP) is 2.60. The van der Waals surface area contributed by atoms with Gasteiger partial charge in [-0.3, -0.25) is 14.9 Å². The number of nitrogen functional groups attached to an aromatic ring is 1. The average molecular weight is 404 g/mol. The van der Waals surface area contributed by atoms with E-state index in [2.05, 4.69) is 5.32 Å². The number of nitro groups is 1. The maximum atomic E-state index is 12.8. The number of benzene rings is 2. The van der Waals surface area contributed by atoms with E-state index in [4.69, 9.17) is 5.73 Å². The fourth-order valence-electron chi connectivity index (χ4n) is 3.03. The highest BCUT2D eigenvalue weighted by Crippen LogP contribution is 2.25. The molecular formula is C18H20N4O5S. The van der Waals surface area contributed by atoms with E-state index in [9.17, 15) is 23.3 Å². The van der Waals surface area contributed by atoms with Crippen LogP contribution in [0, 0.1) is 10.1 Å². The molecule has 0 bridgehead atoms. The Morgan fingerprint density at radius 3 is 2.50 bits per heavy atom. The maximum absolute atomic E-state index is 12.8. The van der Waals surface area contributed by atoms with Gasteiger partial charge >= 0.3 is 0 Å². The van der Waals surface area contributed by atoms with Gasteiger partial charge in [0.25, 0.3) is 11.6 Å². The zero-order valence-corrected chi connectivity index (χ0v) is 15.8. The fourth-order valence-corrected chi connectivity index (χ4v) is 4.60. The molecule has 0 radical (unpaired) electrons. The summed E-state index contributed by atoms with van der Waals surface area (Å²) >= 11 is 0. The van der Waals surface area contributed by atoms with Crippen LogP contribution in [0.15, 0.2) is 47.4 Å². The highest BCUT2D eigenvalue weighted by Gasteiger charge is 2.26. The molecule has 2 aromatic rings. The molecule has 2 aromatic carbocycles. The van der Waals surface area contributed by atoms with Crippen molar-refractivity contribution in [2.75, 3.05) is 24.1 Å². The number of carbonyl (C=O) groups excluding carboxylic acids is 1. The van der Waals surface area contributed by atoms with Gasteiger partial charge in [0.05, 0.1) is 9.82 Å². The average Bonchev–Trinajstić information content (AvgIpc) is 2.69. The summed E-state index contributed by atoms with van der Waals surface area (Å²) in [7, 11) is -3.63. The van der Waals surface area contributed by atoms with Gasteiger partial charge in [0.15, 0.2) is 0 Å². The van der Waals surface area contributed by atoms with Crippen LogP contribution in [0.2, 0.25) is 0 Å². The van der Waals surface area contributed by atoms with Crippen LogP contribution in [-0.2, 0) is 10.0 Å². The summed E-state index contributed by atoms with van der Waals surface area (Å²) in [6, 6.07) is 9.69. The van der Waals surface area contributed by atoms with Crippen molar-refractivity contribution in [1.29, 1.82) is 0 Å². The van der Waals surface area contributed by atoms with Crippen molar-refractivity contribution >= 4 is 33.0 Å². The number of hydrogen-bond acceptors (Lipinski definition) is 6. The number of nitrogens with two attached hydrogens (primary N) is 1. The third kappa shape index (κ3) is 4.12. The van der Waals surface area contributed by atoms with Crippen LogP contribution in [0.25, 0.3) is 0 Å². The summed E-state index contributed by atoms with van der Waals surface area (Å²) in [5.74, 6) is -0.601. The van der Waals surface area contributed by atoms with Crippen LogP contribution in [0.5, 0.6) is 0 Å². The van der Waals surface area contributed by atoms with Crippen LogP contribution in [0.4, 0.5) is 17.1 Å². The zero-order chi connectivity index (χ0) is 20.3. The molecule has 148 valence electrons. The van der Waals surface area contributed by atoms with E-state index in [-0.39, 0.29) is 27.5 Å². The maximum Gasteiger partial charge on any atom is 0.292 e. The van der Waals surface area contributed by atoms with Gasteiger partial charge < -0.3 is 11.1 Å². The second-order valence-electron chi connectivity index (χ2n) is 6.48. The molecular weight excluding hydrogens is 384 g/mol. The Labute approximate surface area is 162 Å². The van der Waals surface area contributed by atoms with Crippen molar-refractivity contribution in [2.45, 2.75) is 24.2 Å². The Morgan fingerprint density at radius 1 is 1.11 bits per heavy atom. The summed E-state index contributed by atoms with van der Waals surface area (Å²) in [5.41, 5.74) is 5.45. The van der Waals surface area contributed by atoms with Gasteiger partial charge in [0.1, 0.15) is 5.69 Å². The molecule has 0 saturated carbocycles. The predicted molar refractivity (Wildman–Crippen MR) is 105 cm³/mol. The molecule has 0 unspecified atom stereocenters. The van der Waals surface area contributed by atoms with Gasteiger partial charge in [-0.05, 0) is 43.2 Å². The third-order valence-electron chi connectivity index (χ3n) is 4.53. The minimum absolute atomic E-state index is 0.0452. The molecule has 0 spiro atoms. The Bertz CT molecular complexity index is 1020. The Kier molecular flexibility index (Phi) is 5.61. The lowest BCUT2D eigenvalue weighted by Gasteiger charge is -2.26. The van der Waals surface area contributed by atoms with Crippen molar-refractivity contribution < 1.29 is 18.1 Å². The van der Waals surface area contributed by atoms with E-state index in [0.717, 1.165) is 25.3 Å². The molecule has 0 atom stereocenters. The monoisotopic (exact) mass is 404 g/mol. The number of nitro benzene ring substituents is 1. The van der Waals surface area contributed by atoms with E-state index in [0.29, 0.717) is 13.1 Å². The number of amides is 1. The second kappa shape index (κ2) is 7.95. The molecule has 0 aliphatic carbocycles. The minimum atomic E-state index is -3.63. The molecule has 1 aliphatic heterocycles. The summed E-state index contributed by atoms with van der Waals surface area (Å²) in [5, 5.41) is 13.6. The van der Waals surface area contributed by atoms with Gasteiger partial charge in [-0.25, -0.2) is 8.42 Å². The van der Waals surface area contributed by atoms with Gasteiger partial charge in [-0.15, -0.1) is 0 Å². The normalized spacial score (nSPS) is 15.1. The number of rotatable bonds is 5. The van der Waals surface area contributed by atoms with E-state index in [1.165, 1.54) is 34.6 Å². The fraction of sp³-hybridized carbons (Fsp3) is 0.278. The molecule has 1 aliphatic rings. The highest BCUT2D eigenvalue weighted by atomic mass is 32.2. The van der Waals surface area contributed by atoms with Crippen molar-refractivity contribution in [1.82, 2.24) is 4.31 Å². The molecule has 0 aromatic heterocycles. The van der Waals surface area contributed by atoms with Gasteiger partial charge in [0, 0.05) is 30.4 Å². The molecule has 1 saturated heterocycles. The number of nitrogens with one attached hydrogen (secondary N) is 1. The van der Waals surface area contributed by atoms with E-state index in [1.54, 1.807) is 6.07 Å². The van der Waals surface area contributed by atoms with Gasteiger partial charge in [0.2, 0.25) is 10.0 Å². The molecule has 10 heteroatoms. The summed E-state index contributed by atoms with van der Waals surface area (Å²) in [6.07, 6.45) is 2.66. The van der Waals surface area contributed by atoms with Crippen LogP contribution in [0.1, 0.15) is 29.6 Å². The first kappa shape index (κ1) is 19.8. The minimum Gasteiger partial charge on any atom is -0.393 e. The topological polar surface area (TPSA) is 136 Å². The van der Waals surface area contributed by atoms with E-state index >= 15 is 0 Å². The Morgan fingerprint density at radius 2 is 1.82 bits per heavy atom. The molecule has 3 rings (SSSR count). The van der Waals surface area contributed by atoms with Crippen LogP contribution < -0.4 is 11.1 Å². The van der Waals surface area contributed by atoms with Crippen molar-refractivity contribution in [3.05, 3.63) is 58.1 Å². The lowest BCUT2D eigenvalue weighted by molar-refractivity contribution is -0.383. The number of sulfonamides is 1. The number of hydrogen-bond donors (Lipinski definition) is 2. The summed E-state index contributed by atoms with van der Waals surface area (Å²) < 4.78 is 27.0.